The Morgan fingerprint density at radius 3 is 3.12 bits per heavy atom. The summed E-state index contributed by atoms with van der Waals surface area (Å²) < 4.78 is 5.53. The maximum absolute atomic E-state index is 5.53. The van der Waals surface area contributed by atoms with Gasteiger partial charge < -0.3 is 10.1 Å². The molecule has 1 aromatic heterocycles. The monoisotopic (exact) mass is 254 g/mol. The van der Waals surface area contributed by atoms with Crippen molar-refractivity contribution in [2.45, 2.75) is 26.5 Å². The van der Waals surface area contributed by atoms with E-state index in [0.717, 1.165) is 39.3 Å². The van der Waals surface area contributed by atoms with Crippen LogP contribution in [0.4, 0.5) is 0 Å². The molecule has 96 valence electrons. The molecular formula is C13H22N2OS. The van der Waals surface area contributed by atoms with Crippen molar-refractivity contribution in [3.05, 3.63) is 21.9 Å². The summed E-state index contributed by atoms with van der Waals surface area (Å²) in [6.45, 7) is 10.5. The lowest BCUT2D eigenvalue weighted by Gasteiger charge is -2.31. The molecule has 0 saturated carbocycles. The summed E-state index contributed by atoms with van der Waals surface area (Å²) in [5.41, 5.74) is 0. The summed E-state index contributed by atoms with van der Waals surface area (Å²) in [6.07, 6.45) is 0.392. The van der Waals surface area contributed by atoms with Crippen LogP contribution in [0.25, 0.3) is 0 Å². The second-order valence-electron chi connectivity index (χ2n) is 4.67. The van der Waals surface area contributed by atoms with Crippen molar-refractivity contribution in [2.24, 2.45) is 0 Å². The molecule has 1 aliphatic heterocycles. The summed E-state index contributed by atoms with van der Waals surface area (Å²) in [5, 5.41) is 3.51. The zero-order chi connectivity index (χ0) is 12.1. The molecule has 17 heavy (non-hydrogen) atoms. The third kappa shape index (κ3) is 4.39. The van der Waals surface area contributed by atoms with Crippen molar-refractivity contribution in [3.8, 4) is 0 Å². The van der Waals surface area contributed by atoms with Crippen LogP contribution in [0.15, 0.2) is 12.1 Å². The second kappa shape index (κ2) is 6.50. The lowest BCUT2D eigenvalue weighted by atomic mass is 10.3. The molecule has 0 amide bonds. The van der Waals surface area contributed by atoms with E-state index in [1.54, 1.807) is 0 Å². The molecule has 2 rings (SSSR count). The summed E-state index contributed by atoms with van der Waals surface area (Å²) in [6, 6.07) is 4.40. The standard InChI is InChI=1S/C13H22N2OS/c1-11-10-15(7-8-16-11)6-5-14-9-13-4-3-12(2)17-13/h3-4,11,14H,5-10H2,1-2H3. The van der Waals surface area contributed by atoms with Gasteiger partial charge in [-0.25, -0.2) is 0 Å². The van der Waals surface area contributed by atoms with Gasteiger partial charge in [-0.2, -0.15) is 0 Å². The number of rotatable bonds is 5. The predicted octanol–water partition coefficient (Wildman–Crippen LogP) is 1.87. The normalized spacial score (nSPS) is 21.9. The molecule has 1 fully saturated rings. The van der Waals surface area contributed by atoms with Crippen molar-refractivity contribution in [1.29, 1.82) is 0 Å². The minimum atomic E-state index is 0.392. The Morgan fingerprint density at radius 1 is 1.53 bits per heavy atom. The molecule has 0 bridgehead atoms. The van der Waals surface area contributed by atoms with Crippen molar-refractivity contribution >= 4 is 11.3 Å². The molecule has 1 unspecified atom stereocenters. The number of ether oxygens (including phenoxy) is 1. The fourth-order valence-corrected chi connectivity index (χ4v) is 2.98. The Morgan fingerprint density at radius 2 is 2.41 bits per heavy atom. The van der Waals surface area contributed by atoms with Gasteiger partial charge in [-0.1, -0.05) is 0 Å². The Kier molecular flexibility index (Phi) is 4.98. The summed E-state index contributed by atoms with van der Waals surface area (Å²) in [4.78, 5) is 5.29. The number of nitrogens with one attached hydrogen (secondary N) is 1. The number of aryl methyl sites for hydroxylation is 1. The van der Waals surface area contributed by atoms with Gasteiger partial charge in [0.15, 0.2) is 0 Å². The average Bonchev–Trinajstić information content (AvgIpc) is 2.71. The molecule has 0 radical (unpaired) electrons. The van der Waals surface area contributed by atoms with Crippen LogP contribution in [0.5, 0.6) is 0 Å². The van der Waals surface area contributed by atoms with Crippen molar-refractivity contribution in [1.82, 2.24) is 10.2 Å². The Labute approximate surface area is 108 Å². The Bertz CT molecular complexity index is 340. The first-order chi connectivity index (χ1) is 8.24. The second-order valence-corrected chi connectivity index (χ2v) is 6.04. The highest BCUT2D eigenvalue weighted by atomic mass is 32.1. The minimum absolute atomic E-state index is 0.392. The van der Waals surface area contributed by atoms with Crippen molar-refractivity contribution < 1.29 is 4.74 Å². The largest absolute Gasteiger partial charge is 0.376 e. The highest BCUT2D eigenvalue weighted by molar-refractivity contribution is 7.11. The predicted molar refractivity (Wildman–Crippen MR) is 72.6 cm³/mol. The molecule has 4 heteroatoms. The smallest absolute Gasteiger partial charge is 0.0674 e. The van der Waals surface area contributed by atoms with E-state index in [1.165, 1.54) is 9.75 Å². The van der Waals surface area contributed by atoms with Gasteiger partial charge in [-0.3, -0.25) is 4.90 Å². The third-order valence-electron chi connectivity index (χ3n) is 3.03. The van der Waals surface area contributed by atoms with Gasteiger partial charge in [-0.05, 0) is 26.0 Å². The van der Waals surface area contributed by atoms with Gasteiger partial charge in [0.05, 0.1) is 12.7 Å². The van der Waals surface area contributed by atoms with E-state index < -0.39 is 0 Å². The molecule has 1 N–H and O–H groups in total. The number of nitrogens with zero attached hydrogens (tertiary/aromatic N) is 1. The fourth-order valence-electron chi connectivity index (χ4n) is 2.12. The summed E-state index contributed by atoms with van der Waals surface area (Å²) >= 11 is 1.88. The first-order valence-electron chi connectivity index (χ1n) is 6.34. The maximum atomic E-state index is 5.53. The highest BCUT2D eigenvalue weighted by Crippen LogP contribution is 2.14. The minimum Gasteiger partial charge on any atom is -0.376 e. The molecule has 3 nitrogen and oxygen atoms in total. The van der Waals surface area contributed by atoms with E-state index in [1.807, 2.05) is 11.3 Å². The first kappa shape index (κ1) is 13.0. The van der Waals surface area contributed by atoms with Gasteiger partial charge in [-0.15, -0.1) is 11.3 Å². The quantitative estimate of drug-likeness (QED) is 0.812. The van der Waals surface area contributed by atoms with Gasteiger partial charge in [0.2, 0.25) is 0 Å². The van der Waals surface area contributed by atoms with Gasteiger partial charge in [0, 0.05) is 42.5 Å². The Balaban J connectivity index is 1.59. The van der Waals surface area contributed by atoms with E-state index in [-0.39, 0.29) is 0 Å². The number of thiophene rings is 1. The summed E-state index contributed by atoms with van der Waals surface area (Å²) in [5.74, 6) is 0. The molecule has 1 aliphatic rings. The van der Waals surface area contributed by atoms with Crippen LogP contribution >= 0.6 is 11.3 Å². The van der Waals surface area contributed by atoms with E-state index in [0.29, 0.717) is 6.10 Å². The zero-order valence-corrected chi connectivity index (χ0v) is 11.6. The van der Waals surface area contributed by atoms with Crippen molar-refractivity contribution in [2.75, 3.05) is 32.8 Å². The van der Waals surface area contributed by atoms with Crippen LogP contribution in [0.3, 0.4) is 0 Å². The molecule has 1 atom stereocenters. The van der Waals surface area contributed by atoms with Crippen molar-refractivity contribution in [3.63, 3.8) is 0 Å². The van der Waals surface area contributed by atoms with Crippen LogP contribution < -0.4 is 5.32 Å². The zero-order valence-electron chi connectivity index (χ0n) is 10.7. The fraction of sp³-hybridized carbons (Fsp3) is 0.692. The topological polar surface area (TPSA) is 24.5 Å². The molecule has 1 aromatic rings. The van der Waals surface area contributed by atoms with Gasteiger partial charge in [0.25, 0.3) is 0 Å². The molecule has 2 heterocycles. The van der Waals surface area contributed by atoms with E-state index in [4.69, 9.17) is 4.74 Å². The summed E-state index contributed by atoms with van der Waals surface area (Å²) in [7, 11) is 0. The average molecular weight is 254 g/mol. The SMILES string of the molecule is Cc1ccc(CNCCN2CCOC(C)C2)s1. The number of morpholine rings is 1. The molecular weight excluding hydrogens is 232 g/mol. The van der Waals surface area contributed by atoms with Crippen LogP contribution in [0.1, 0.15) is 16.7 Å². The van der Waals surface area contributed by atoms with Crippen LogP contribution in [0.2, 0.25) is 0 Å². The van der Waals surface area contributed by atoms with Gasteiger partial charge in [0.1, 0.15) is 0 Å². The number of hydrogen-bond acceptors (Lipinski definition) is 4. The van der Waals surface area contributed by atoms with E-state index in [9.17, 15) is 0 Å². The lowest BCUT2D eigenvalue weighted by Crippen LogP contribution is -2.43. The lowest BCUT2D eigenvalue weighted by molar-refractivity contribution is -0.0176. The van der Waals surface area contributed by atoms with Crippen LogP contribution in [0, 0.1) is 6.92 Å². The number of hydrogen-bond donors (Lipinski definition) is 1. The molecule has 1 saturated heterocycles. The first-order valence-corrected chi connectivity index (χ1v) is 7.15. The molecule has 0 aromatic carbocycles. The highest BCUT2D eigenvalue weighted by Gasteiger charge is 2.15. The van der Waals surface area contributed by atoms with E-state index >= 15 is 0 Å². The molecule has 0 spiro atoms. The third-order valence-corrected chi connectivity index (χ3v) is 4.03. The Hall–Kier alpha value is -0.420. The van der Waals surface area contributed by atoms with Gasteiger partial charge >= 0.3 is 0 Å². The molecule has 0 aliphatic carbocycles. The van der Waals surface area contributed by atoms with Crippen LogP contribution in [-0.2, 0) is 11.3 Å². The van der Waals surface area contributed by atoms with Crippen LogP contribution in [-0.4, -0.2) is 43.8 Å². The maximum Gasteiger partial charge on any atom is 0.0674 e. The van der Waals surface area contributed by atoms with E-state index in [2.05, 4.69) is 36.2 Å².